The molecule has 3 aromatic rings. The quantitative estimate of drug-likeness (QED) is 0.537. The van der Waals surface area contributed by atoms with Crippen LogP contribution >= 0.6 is 0 Å². The second kappa shape index (κ2) is 6.23. The number of anilines is 1. The van der Waals surface area contributed by atoms with Gasteiger partial charge in [0, 0.05) is 6.08 Å². The van der Waals surface area contributed by atoms with Crippen LogP contribution in [0.2, 0.25) is 0 Å². The largest absolute Gasteiger partial charge is 0.506 e. The summed E-state index contributed by atoms with van der Waals surface area (Å²) in [5.74, 6) is -0.216. The Hall–Kier alpha value is -3.27. The monoisotopic (exact) mass is 345 g/mol. The van der Waals surface area contributed by atoms with Crippen LogP contribution in [0.1, 0.15) is 18.5 Å². The maximum absolute atomic E-state index is 11.8. The number of nitrogens with one attached hydrogen (secondary N) is 1. The van der Waals surface area contributed by atoms with Crippen molar-refractivity contribution in [2.75, 3.05) is 5.32 Å². The maximum atomic E-state index is 11.8. The number of ether oxygens (including phenoxy) is 1. The highest BCUT2D eigenvalue weighted by atomic mass is 16.6. The van der Waals surface area contributed by atoms with Crippen molar-refractivity contribution in [3.63, 3.8) is 0 Å². The Bertz CT molecular complexity index is 1010. The standard InChI is InChI=1S/C22H19NO3/c1-22(14-13-20(25)26-22)21(23-18-11-4-5-12-19(18)24)17-10-6-8-15-7-2-3-9-16(15)17/h2-14,21,23-24H,1H3/t21-,22-/m1/s1. The number of carbonyl (C=O) groups excluding carboxylic acids is 1. The van der Waals surface area contributed by atoms with Crippen LogP contribution in [0.5, 0.6) is 5.75 Å². The van der Waals surface area contributed by atoms with Crippen molar-refractivity contribution in [1.29, 1.82) is 0 Å². The van der Waals surface area contributed by atoms with Gasteiger partial charge in [-0.05, 0) is 41.5 Å². The Morgan fingerprint density at radius 3 is 2.50 bits per heavy atom. The minimum Gasteiger partial charge on any atom is -0.506 e. The first-order chi connectivity index (χ1) is 12.6. The topological polar surface area (TPSA) is 58.6 Å². The second-order valence-electron chi connectivity index (χ2n) is 6.60. The van der Waals surface area contributed by atoms with Crippen LogP contribution in [-0.4, -0.2) is 16.7 Å². The lowest BCUT2D eigenvalue weighted by Crippen LogP contribution is -2.37. The molecule has 4 heteroatoms. The van der Waals surface area contributed by atoms with Crippen LogP contribution in [-0.2, 0) is 9.53 Å². The van der Waals surface area contributed by atoms with Gasteiger partial charge in [0.1, 0.15) is 5.75 Å². The zero-order chi connectivity index (χ0) is 18.1. The lowest BCUT2D eigenvalue weighted by atomic mass is 9.87. The third-order valence-corrected chi connectivity index (χ3v) is 4.78. The number of hydrogen-bond acceptors (Lipinski definition) is 4. The average molecular weight is 345 g/mol. The molecule has 26 heavy (non-hydrogen) atoms. The van der Waals surface area contributed by atoms with Crippen LogP contribution in [0.15, 0.2) is 78.9 Å². The number of rotatable bonds is 4. The van der Waals surface area contributed by atoms with E-state index < -0.39 is 5.60 Å². The van der Waals surface area contributed by atoms with E-state index in [0.29, 0.717) is 5.69 Å². The molecule has 130 valence electrons. The molecule has 2 N–H and O–H groups in total. The molecule has 0 spiro atoms. The van der Waals surface area contributed by atoms with E-state index in [1.165, 1.54) is 6.08 Å². The first-order valence-electron chi connectivity index (χ1n) is 8.51. The third-order valence-electron chi connectivity index (χ3n) is 4.78. The van der Waals surface area contributed by atoms with Gasteiger partial charge in [0.15, 0.2) is 5.60 Å². The molecular formula is C22H19NO3. The van der Waals surface area contributed by atoms with Gasteiger partial charge in [-0.1, -0.05) is 54.6 Å². The summed E-state index contributed by atoms with van der Waals surface area (Å²) >= 11 is 0. The fraction of sp³-hybridized carbons (Fsp3) is 0.136. The van der Waals surface area contributed by atoms with Crippen molar-refractivity contribution in [3.05, 3.63) is 84.4 Å². The Kier molecular flexibility index (Phi) is 3.88. The maximum Gasteiger partial charge on any atom is 0.331 e. The predicted molar refractivity (Wildman–Crippen MR) is 102 cm³/mol. The van der Waals surface area contributed by atoms with Gasteiger partial charge in [-0.3, -0.25) is 0 Å². The molecule has 4 nitrogen and oxygen atoms in total. The highest BCUT2D eigenvalue weighted by molar-refractivity contribution is 5.88. The van der Waals surface area contributed by atoms with Crippen molar-refractivity contribution < 1.29 is 14.6 Å². The minimum atomic E-state index is -0.872. The predicted octanol–water partition coefficient (Wildman–Crippen LogP) is 4.57. The summed E-state index contributed by atoms with van der Waals surface area (Å²) in [6.45, 7) is 1.87. The fourth-order valence-corrected chi connectivity index (χ4v) is 3.46. The SMILES string of the molecule is C[C@]1([C@H](Nc2ccccc2O)c2cccc3ccccc23)C=CC(=O)O1. The Morgan fingerprint density at radius 2 is 1.73 bits per heavy atom. The molecule has 0 unspecified atom stereocenters. The summed E-state index contributed by atoms with van der Waals surface area (Å²) in [5.41, 5.74) is 0.708. The van der Waals surface area contributed by atoms with Crippen LogP contribution in [0.4, 0.5) is 5.69 Å². The molecule has 0 saturated heterocycles. The van der Waals surface area contributed by atoms with Crippen LogP contribution in [0.25, 0.3) is 10.8 Å². The molecule has 0 aliphatic carbocycles. The number of benzene rings is 3. The van der Waals surface area contributed by atoms with Gasteiger partial charge in [-0.2, -0.15) is 0 Å². The summed E-state index contributed by atoms with van der Waals surface area (Å²) in [6.07, 6.45) is 3.22. The highest BCUT2D eigenvalue weighted by Crippen LogP contribution is 2.40. The number of para-hydroxylation sites is 2. The smallest absolute Gasteiger partial charge is 0.331 e. The molecule has 0 radical (unpaired) electrons. The zero-order valence-corrected chi connectivity index (χ0v) is 14.3. The van der Waals surface area contributed by atoms with Crippen molar-refractivity contribution in [2.24, 2.45) is 0 Å². The van der Waals surface area contributed by atoms with Gasteiger partial charge in [-0.25, -0.2) is 4.79 Å². The molecule has 0 aromatic heterocycles. The van der Waals surface area contributed by atoms with Crippen LogP contribution < -0.4 is 5.32 Å². The van der Waals surface area contributed by atoms with E-state index in [2.05, 4.69) is 17.4 Å². The molecule has 0 bridgehead atoms. The van der Waals surface area contributed by atoms with E-state index in [1.807, 2.05) is 43.3 Å². The normalized spacial score (nSPS) is 20.1. The van der Waals surface area contributed by atoms with Gasteiger partial charge < -0.3 is 15.2 Å². The average Bonchev–Trinajstić information content (AvgIpc) is 3.00. The minimum absolute atomic E-state index is 0.148. The molecule has 2 atom stereocenters. The van der Waals surface area contributed by atoms with Crippen molar-refractivity contribution in [1.82, 2.24) is 0 Å². The van der Waals surface area contributed by atoms with Crippen molar-refractivity contribution >= 4 is 22.4 Å². The Morgan fingerprint density at radius 1 is 1.00 bits per heavy atom. The summed E-state index contributed by atoms with van der Waals surface area (Å²) in [5, 5.41) is 15.8. The van der Waals surface area contributed by atoms with Gasteiger partial charge in [-0.15, -0.1) is 0 Å². The number of phenolic OH excluding ortho intramolecular Hbond substituents is 1. The van der Waals surface area contributed by atoms with Crippen molar-refractivity contribution in [3.8, 4) is 5.75 Å². The van der Waals surface area contributed by atoms with E-state index in [4.69, 9.17) is 4.74 Å². The van der Waals surface area contributed by atoms with Gasteiger partial charge in [0.05, 0.1) is 11.7 Å². The lowest BCUT2D eigenvalue weighted by Gasteiger charge is -2.34. The lowest BCUT2D eigenvalue weighted by molar-refractivity contribution is -0.145. The number of hydrogen-bond donors (Lipinski definition) is 2. The number of cyclic esters (lactones) is 1. The number of phenols is 1. The summed E-state index contributed by atoms with van der Waals surface area (Å²) in [7, 11) is 0. The molecule has 1 heterocycles. The van der Waals surface area contributed by atoms with Crippen LogP contribution in [0.3, 0.4) is 0 Å². The van der Waals surface area contributed by atoms with E-state index in [9.17, 15) is 9.90 Å². The summed E-state index contributed by atoms with van der Waals surface area (Å²) in [6, 6.07) is 20.8. The summed E-state index contributed by atoms with van der Waals surface area (Å²) < 4.78 is 5.63. The molecule has 3 aromatic carbocycles. The fourth-order valence-electron chi connectivity index (χ4n) is 3.46. The summed E-state index contributed by atoms with van der Waals surface area (Å²) in [4.78, 5) is 11.8. The molecule has 1 aliphatic rings. The number of aromatic hydroxyl groups is 1. The Labute approximate surface area is 151 Å². The van der Waals surface area contributed by atoms with E-state index >= 15 is 0 Å². The zero-order valence-electron chi connectivity index (χ0n) is 14.3. The number of esters is 1. The first-order valence-corrected chi connectivity index (χ1v) is 8.51. The molecule has 1 aliphatic heterocycles. The number of carbonyl (C=O) groups is 1. The number of fused-ring (bicyclic) bond motifs is 1. The second-order valence-corrected chi connectivity index (χ2v) is 6.60. The molecule has 0 amide bonds. The van der Waals surface area contributed by atoms with Crippen molar-refractivity contribution in [2.45, 2.75) is 18.6 Å². The van der Waals surface area contributed by atoms with Gasteiger partial charge in [0.25, 0.3) is 0 Å². The highest BCUT2D eigenvalue weighted by Gasteiger charge is 2.41. The van der Waals surface area contributed by atoms with E-state index in [1.54, 1.807) is 24.3 Å². The van der Waals surface area contributed by atoms with Crippen LogP contribution in [0, 0.1) is 0 Å². The van der Waals surface area contributed by atoms with Gasteiger partial charge >= 0.3 is 5.97 Å². The molecule has 0 saturated carbocycles. The molecule has 4 rings (SSSR count). The molecular weight excluding hydrogens is 326 g/mol. The third kappa shape index (κ3) is 2.80. The van der Waals surface area contributed by atoms with Gasteiger partial charge in [0.2, 0.25) is 0 Å². The van der Waals surface area contributed by atoms with E-state index in [0.717, 1.165) is 16.3 Å². The Balaban J connectivity index is 1.87. The van der Waals surface area contributed by atoms with E-state index in [-0.39, 0.29) is 17.8 Å². The molecule has 0 fully saturated rings. The first kappa shape index (κ1) is 16.2.